The fraction of sp³-hybridized carbons (Fsp3) is 0.310. The number of thiophene rings is 1. The molecule has 38 heavy (non-hydrogen) atoms. The van der Waals surface area contributed by atoms with E-state index in [1.807, 2.05) is 54.8 Å². The first-order chi connectivity index (χ1) is 18.3. The highest BCUT2D eigenvalue weighted by Gasteiger charge is 2.36. The van der Waals surface area contributed by atoms with Crippen molar-refractivity contribution in [1.29, 1.82) is 0 Å². The summed E-state index contributed by atoms with van der Waals surface area (Å²) in [6.07, 6.45) is 5.43. The van der Waals surface area contributed by atoms with E-state index < -0.39 is 17.8 Å². The minimum Gasteiger partial charge on any atom is -0.462 e. The van der Waals surface area contributed by atoms with Crippen molar-refractivity contribution in [3.05, 3.63) is 80.5 Å². The Hall–Kier alpha value is -3.98. The molecule has 1 aliphatic heterocycles. The molecule has 4 amide bonds. The molecule has 2 aromatic heterocycles. The molecular weight excluding hydrogens is 502 g/mol. The smallest absolute Gasteiger partial charge is 0.341 e. The molecule has 1 aliphatic carbocycles. The number of nitrogens with one attached hydrogen (secondary N) is 1. The second kappa shape index (κ2) is 10.4. The summed E-state index contributed by atoms with van der Waals surface area (Å²) < 4.78 is 7.43. The normalized spacial score (nSPS) is 16.6. The minimum atomic E-state index is -0.741. The molecule has 1 saturated heterocycles. The summed E-state index contributed by atoms with van der Waals surface area (Å²) >= 11 is 1.60. The molecule has 3 heterocycles. The molecule has 9 heteroatoms. The molecule has 8 nitrogen and oxygen atoms in total. The van der Waals surface area contributed by atoms with Gasteiger partial charge in [0.25, 0.3) is 11.8 Å². The largest absolute Gasteiger partial charge is 0.462 e. The fourth-order valence-electron chi connectivity index (χ4n) is 5.13. The number of amides is 4. The van der Waals surface area contributed by atoms with E-state index >= 15 is 0 Å². The summed E-state index contributed by atoms with van der Waals surface area (Å²) in [5.41, 5.74) is 4.65. The Morgan fingerprint density at radius 3 is 2.58 bits per heavy atom. The number of aryl methyl sites for hydroxylation is 2. The van der Waals surface area contributed by atoms with Crippen molar-refractivity contribution in [1.82, 2.24) is 14.8 Å². The number of imide groups is 2. The molecule has 0 radical (unpaired) electrons. The van der Waals surface area contributed by atoms with Gasteiger partial charge in [-0.3, -0.25) is 19.8 Å². The zero-order valence-electron chi connectivity index (χ0n) is 21.6. The van der Waals surface area contributed by atoms with Crippen LogP contribution in [0.15, 0.2) is 42.0 Å². The van der Waals surface area contributed by atoms with Gasteiger partial charge in [-0.15, -0.1) is 11.3 Å². The SMILES string of the molecule is CCOC(=O)c1c(-n2c(C)cc(/C=C3\C(=O)NC(=O)N(Cc4ccccc4)C3=O)c2C)sc2c1CCCC2. The number of ether oxygens (including phenoxy) is 1. The Labute approximate surface area is 224 Å². The Balaban J connectivity index is 1.55. The number of esters is 1. The zero-order valence-corrected chi connectivity index (χ0v) is 22.4. The molecule has 0 spiro atoms. The summed E-state index contributed by atoms with van der Waals surface area (Å²) in [5, 5.41) is 3.09. The van der Waals surface area contributed by atoms with Crippen LogP contribution < -0.4 is 5.32 Å². The topological polar surface area (TPSA) is 97.7 Å². The lowest BCUT2D eigenvalue weighted by Gasteiger charge is -2.26. The lowest BCUT2D eigenvalue weighted by atomic mass is 9.95. The first-order valence-corrected chi connectivity index (χ1v) is 13.6. The summed E-state index contributed by atoms with van der Waals surface area (Å²) in [5.74, 6) is -1.70. The van der Waals surface area contributed by atoms with Crippen LogP contribution in [0.5, 0.6) is 0 Å². The molecule has 1 N–H and O–H groups in total. The second-order valence-corrected chi connectivity index (χ2v) is 10.6. The number of aromatic nitrogens is 1. The van der Waals surface area contributed by atoms with Gasteiger partial charge in [-0.2, -0.15) is 0 Å². The average Bonchev–Trinajstić information content (AvgIpc) is 3.41. The van der Waals surface area contributed by atoms with E-state index in [0.717, 1.165) is 58.1 Å². The number of hydrogen-bond acceptors (Lipinski definition) is 6. The molecule has 2 aliphatic rings. The molecule has 0 unspecified atom stereocenters. The predicted octanol–water partition coefficient (Wildman–Crippen LogP) is 4.87. The van der Waals surface area contributed by atoms with Gasteiger partial charge in [-0.1, -0.05) is 30.3 Å². The van der Waals surface area contributed by atoms with Gasteiger partial charge in [0.2, 0.25) is 0 Å². The standard InChI is InChI=1S/C29H29N3O5S/c1-4-37-28(35)24-21-12-8-9-13-23(21)38-27(24)32-17(2)14-20(18(32)3)15-22-25(33)30-29(36)31(26(22)34)16-19-10-6-5-7-11-19/h5-7,10-11,14-15H,4,8-9,12-13,16H2,1-3H3,(H,30,33,36)/b22-15+. The lowest BCUT2D eigenvalue weighted by Crippen LogP contribution is -2.53. The van der Waals surface area contributed by atoms with Crippen molar-refractivity contribution < 1.29 is 23.9 Å². The van der Waals surface area contributed by atoms with Gasteiger partial charge in [0.05, 0.1) is 18.7 Å². The highest BCUT2D eigenvalue weighted by atomic mass is 32.1. The van der Waals surface area contributed by atoms with E-state index in [-0.39, 0.29) is 18.1 Å². The van der Waals surface area contributed by atoms with Crippen LogP contribution in [0.2, 0.25) is 0 Å². The number of benzene rings is 1. The monoisotopic (exact) mass is 531 g/mol. The predicted molar refractivity (Wildman–Crippen MR) is 144 cm³/mol. The maximum Gasteiger partial charge on any atom is 0.341 e. The summed E-state index contributed by atoms with van der Waals surface area (Å²) in [6, 6.07) is 10.3. The third-order valence-electron chi connectivity index (χ3n) is 6.97. The molecule has 3 aromatic rings. The van der Waals surface area contributed by atoms with Crippen LogP contribution in [0, 0.1) is 13.8 Å². The van der Waals surface area contributed by atoms with E-state index in [9.17, 15) is 19.2 Å². The number of barbiturate groups is 1. The first-order valence-electron chi connectivity index (χ1n) is 12.7. The maximum absolute atomic E-state index is 13.3. The Bertz CT molecular complexity index is 1480. The van der Waals surface area contributed by atoms with E-state index in [0.29, 0.717) is 17.7 Å². The molecular formula is C29H29N3O5S. The number of fused-ring (bicyclic) bond motifs is 1. The van der Waals surface area contributed by atoms with Crippen LogP contribution in [0.4, 0.5) is 4.79 Å². The van der Waals surface area contributed by atoms with E-state index in [1.165, 1.54) is 11.0 Å². The molecule has 0 atom stereocenters. The van der Waals surface area contributed by atoms with Crippen molar-refractivity contribution in [2.24, 2.45) is 0 Å². The third kappa shape index (κ3) is 4.58. The van der Waals surface area contributed by atoms with Gasteiger partial charge in [0.1, 0.15) is 10.6 Å². The van der Waals surface area contributed by atoms with Gasteiger partial charge in [0.15, 0.2) is 0 Å². The highest BCUT2D eigenvalue weighted by Crippen LogP contribution is 2.39. The van der Waals surface area contributed by atoms with Gasteiger partial charge < -0.3 is 9.30 Å². The van der Waals surface area contributed by atoms with E-state index in [4.69, 9.17) is 4.74 Å². The number of rotatable bonds is 6. The maximum atomic E-state index is 13.3. The number of nitrogens with zero attached hydrogens (tertiary/aromatic N) is 2. The van der Waals surface area contributed by atoms with Crippen LogP contribution in [-0.2, 0) is 33.7 Å². The molecule has 196 valence electrons. The summed E-state index contributed by atoms with van der Waals surface area (Å²) in [4.78, 5) is 53.8. The molecule has 1 fully saturated rings. The first kappa shape index (κ1) is 25.7. The van der Waals surface area contributed by atoms with E-state index in [1.54, 1.807) is 18.3 Å². The van der Waals surface area contributed by atoms with Crippen molar-refractivity contribution in [2.75, 3.05) is 6.61 Å². The molecule has 5 rings (SSSR count). The molecule has 0 bridgehead atoms. The van der Waals surface area contributed by atoms with Crippen LogP contribution in [0.3, 0.4) is 0 Å². The number of carbonyl (C=O) groups is 4. The number of carbonyl (C=O) groups excluding carboxylic acids is 4. The summed E-state index contributed by atoms with van der Waals surface area (Å²) in [7, 11) is 0. The third-order valence-corrected chi connectivity index (χ3v) is 8.25. The zero-order chi connectivity index (χ0) is 27.0. The van der Waals surface area contributed by atoms with E-state index in [2.05, 4.69) is 5.32 Å². The number of hydrogen-bond donors (Lipinski definition) is 1. The second-order valence-electron chi connectivity index (χ2n) is 9.47. The Kier molecular flexibility index (Phi) is 7.03. The van der Waals surface area contributed by atoms with Crippen molar-refractivity contribution >= 4 is 41.2 Å². The molecule has 1 aromatic carbocycles. The summed E-state index contributed by atoms with van der Waals surface area (Å²) in [6.45, 7) is 5.96. The Morgan fingerprint density at radius 1 is 1.11 bits per heavy atom. The highest BCUT2D eigenvalue weighted by molar-refractivity contribution is 7.15. The van der Waals surface area contributed by atoms with Crippen molar-refractivity contribution in [3.8, 4) is 5.00 Å². The number of urea groups is 1. The van der Waals surface area contributed by atoms with Gasteiger partial charge in [-0.05, 0) is 75.3 Å². The van der Waals surface area contributed by atoms with Crippen LogP contribution >= 0.6 is 11.3 Å². The quantitative estimate of drug-likeness (QED) is 0.278. The van der Waals surface area contributed by atoms with Crippen molar-refractivity contribution in [2.45, 2.75) is 53.0 Å². The van der Waals surface area contributed by atoms with Gasteiger partial charge >= 0.3 is 12.0 Å². The average molecular weight is 532 g/mol. The van der Waals surface area contributed by atoms with Crippen LogP contribution in [0.25, 0.3) is 11.1 Å². The molecule has 0 saturated carbocycles. The van der Waals surface area contributed by atoms with Crippen LogP contribution in [-0.4, -0.2) is 39.9 Å². The van der Waals surface area contributed by atoms with Crippen LogP contribution in [0.1, 0.15) is 63.1 Å². The van der Waals surface area contributed by atoms with Crippen molar-refractivity contribution in [3.63, 3.8) is 0 Å². The van der Waals surface area contributed by atoms with Gasteiger partial charge in [0, 0.05) is 16.3 Å². The van der Waals surface area contributed by atoms with Gasteiger partial charge in [-0.25, -0.2) is 9.59 Å². The fourth-order valence-corrected chi connectivity index (χ4v) is 6.62. The Morgan fingerprint density at radius 2 is 1.84 bits per heavy atom. The lowest BCUT2D eigenvalue weighted by molar-refractivity contribution is -0.130. The minimum absolute atomic E-state index is 0.0544.